The van der Waals surface area contributed by atoms with E-state index in [1.807, 2.05) is 0 Å². The average Bonchev–Trinajstić information content (AvgIpc) is 2.04. The maximum atomic E-state index is 6.07. The van der Waals surface area contributed by atoms with Crippen molar-refractivity contribution in [2.24, 2.45) is 0 Å². The number of thioether (sulfide) groups is 1. The molecule has 0 fully saturated rings. The van der Waals surface area contributed by atoms with Crippen molar-refractivity contribution in [1.29, 1.82) is 0 Å². The minimum atomic E-state index is 0.0674. The van der Waals surface area contributed by atoms with Gasteiger partial charge in [-0.3, -0.25) is 0 Å². The van der Waals surface area contributed by atoms with Crippen LogP contribution in [0.5, 0.6) is 0 Å². The third-order valence-corrected chi connectivity index (χ3v) is 3.99. The van der Waals surface area contributed by atoms with Crippen LogP contribution in [0.4, 0.5) is 0 Å². The van der Waals surface area contributed by atoms with Crippen LogP contribution in [-0.4, -0.2) is 4.75 Å². The Labute approximate surface area is 104 Å². The summed E-state index contributed by atoms with van der Waals surface area (Å²) in [7, 11) is 0. The maximum Gasteiger partial charge on any atom is 0.0743 e. The van der Waals surface area contributed by atoms with Crippen LogP contribution in [0, 0.1) is 0 Å². The highest BCUT2D eigenvalue weighted by Gasteiger charge is 2.18. The lowest BCUT2D eigenvalue weighted by atomic mass is 10.3. The van der Waals surface area contributed by atoms with Crippen molar-refractivity contribution in [3.8, 4) is 0 Å². The standard InChI is InChI=1S/C10H11Cl3S/c1-10(2,3)14-9-7(12)5-4-6(11)8(9)13/h4-5H,1-3H3. The molecule has 0 radical (unpaired) electrons. The number of halogens is 3. The zero-order valence-corrected chi connectivity index (χ0v) is 11.3. The Kier molecular flexibility index (Phi) is 4.04. The van der Waals surface area contributed by atoms with Crippen LogP contribution in [0.25, 0.3) is 0 Å². The second-order valence-electron chi connectivity index (χ2n) is 3.89. The minimum absolute atomic E-state index is 0.0674. The van der Waals surface area contributed by atoms with Crippen molar-refractivity contribution >= 4 is 46.6 Å². The second kappa shape index (κ2) is 4.52. The van der Waals surface area contributed by atoms with Gasteiger partial charge < -0.3 is 0 Å². The Balaban J connectivity index is 3.13. The Hall–Kier alpha value is 0.440. The van der Waals surface area contributed by atoms with Gasteiger partial charge in [-0.15, -0.1) is 11.8 Å². The van der Waals surface area contributed by atoms with Gasteiger partial charge in [0.25, 0.3) is 0 Å². The van der Waals surface area contributed by atoms with E-state index < -0.39 is 0 Å². The van der Waals surface area contributed by atoms with E-state index in [0.29, 0.717) is 15.1 Å². The van der Waals surface area contributed by atoms with Gasteiger partial charge in [0.2, 0.25) is 0 Å². The number of benzene rings is 1. The molecule has 0 heterocycles. The maximum absolute atomic E-state index is 6.07. The summed E-state index contributed by atoms with van der Waals surface area (Å²) >= 11 is 19.6. The molecule has 1 aromatic rings. The smallest absolute Gasteiger partial charge is 0.0743 e. The van der Waals surface area contributed by atoms with Crippen molar-refractivity contribution in [2.45, 2.75) is 30.4 Å². The second-order valence-corrected chi connectivity index (χ2v) is 6.92. The summed E-state index contributed by atoms with van der Waals surface area (Å²) in [4.78, 5) is 0.855. The van der Waals surface area contributed by atoms with Crippen LogP contribution in [0.2, 0.25) is 15.1 Å². The van der Waals surface area contributed by atoms with Crippen molar-refractivity contribution in [3.63, 3.8) is 0 Å². The first-order valence-electron chi connectivity index (χ1n) is 4.14. The van der Waals surface area contributed by atoms with E-state index in [1.165, 1.54) is 0 Å². The first-order valence-corrected chi connectivity index (χ1v) is 6.09. The monoisotopic (exact) mass is 268 g/mol. The summed E-state index contributed by atoms with van der Waals surface area (Å²) in [6.07, 6.45) is 0. The fourth-order valence-corrected chi connectivity index (χ4v) is 2.70. The highest BCUT2D eigenvalue weighted by Crippen LogP contribution is 2.43. The Morgan fingerprint density at radius 2 is 1.50 bits per heavy atom. The number of rotatable bonds is 1. The normalized spacial score (nSPS) is 11.9. The molecule has 0 saturated carbocycles. The first kappa shape index (κ1) is 12.5. The topological polar surface area (TPSA) is 0 Å². The lowest BCUT2D eigenvalue weighted by Gasteiger charge is -2.19. The molecule has 0 nitrogen and oxygen atoms in total. The van der Waals surface area contributed by atoms with Crippen LogP contribution in [0.15, 0.2) is 17.0 Å². The van der Waals surface area contributed by atoms with E-state index in [2.05, 4.69) is 20.8 Å². The van der Waals surface area contributed by atoms with Crippen LogP contribution in [-0.2, 0) is 0 Å². The Bertz CT molecular complexity index is 342. The summed E-state index contributed by atoms with van der Waals surface area (Å²) in [6.45, 7) is 6.31. The molecule has 0 aliphatic rings. The molecule has 4 heteroatoms. The molecule has 0 atom stereocenters. The van der Waals surface area contributed by atoms with Crippen molar-refractivity contribution in [3.05, 3.63) is 27.2 Å². The summed E-state index contributed by atoms with van der Waals surface area (Å²) < 4.78 is 0.0674. The Morgan fingerprint density at radius 1 is 1.00 bits per heavy atom. The van der Waals surface area contributed by atoms with Crippen LogP contribution >= 0.6 is 46.6 Å². The Morgan fingerprint density at radius 3 is 2.00 bits per heavy atom. The van der Waals surface area contributed by atoms with Gasteiger partial charge in [-0.2, -0.15) is 0 Å². The number of hydrogen-bond donors (Lipinski definition) is 0. The predicted molar refractivity (Wildman–Crippen MR) is 67.1 cm³/mol. The predicted octanol–water partition coefficient (Wildman–Crippen LogP) is 5.54. The highest BCUT2D eigenvalue weighted by atomic mass is 35.5. The van der Waals surface area contributed by atoms with Gasteiger partial charge >= 0.3 is 0 Å². The average molecular weight is 270 g/mol. The molecule has 0 amide bonds. The third-order valence-electron chi connectivity index (χ3n) is 1.41. The van der Waals surface area contributed by atoms with Gasteiger partial charge in [-0.25, -0.2) is 0 Å². The third kappa shape index (κ3) is 3.23. The highest BCUT2D eigenvalue weighted by molar-refractivity contribution is 8.00. The summed E-state index contributed by atoms with van der Waals surface area (Å²) in [5.74, 6) is 0. The lowest BCUT2D eigenvalue weighted by Crippen LogP contribution is -2.07. The number of hydrogen-bond acceptors (Lipinski definition) is 1. The van der Waals surface area contributed by atoms with E-state index in [0.717, 1.165) is 4.90 Å². The van der Waals surface area contributed by atoms with Gasteiger partial charge in [-0.1, -0.05) is 55.6 Å². The molecular weight excluding hydrogens is 259 g/mol. The van der Waals surface area contributed by atoms with Gasteiger partial charge in [-0.05, 0) is 12.1 Å². The molecule has 1 aromatic carbocycles. The molecular formula is C10H11Cl3S. The van der Waals surface area contributed by atoms with Gasteiger partial charge in [0.1, 0.15) is 0 Å². The summed E-state index contributed by atoms with van der Waals surface area (Å²) in [5.41, 5.74) is 0. The van der Waals surface area contributed by atoms with Gasteiger partial charge in [0.05, 0.1) is 15.1 Å². The fourth-order valence-electron chi connectivity index (χ4n) is 0.908. The lowest BCUT2D eigenvalue weighted by molar-refractivity contribution is 0.803. The molecule has 0 aromatic heterocycles. The van der Waals surface area contributed by atoms with Crippen molar-refractivity contribution in [2.75, 3.05) is 0 Å². The summed E-state index contributed by atoms with van der Waals surface area (Å²) in [6, 6.07) is 3.47. The minimum Gasteiger partial charge on any atom is -0.117 e. The molecule has 78 valence electrons. The van der Waals surface area contributed by atoms with E-state index in [1.54, 1.807) is 23.9 Å². The van der Waals surface area contributed by atoms with Gasteiger partial charge in [0.15, 0.2) is 0 Å². The van der Waals surface area contributed by atoms with E-state index in [4.69, 9.17) is 34.8 Å². The van der Waals surface area contributed by atoms with Crippen LogP contribution in [0.3, 0.4) is 0 Å². The molecule has 1 rings (SSSR count). The largest absolute Gasteiger partial charge is 0.117 e. The van der Waals surface area contributed by atoms with Gasteiger partial charge in [0, 0.05) is 9.64 Å². The van der Waals surface area contributed by atoms with Crippen LogP contribution < -0.4 is 0 Å². The molecule has 0 unspecified atom stereocenters. The van der Waals surface area contributed by atoms with E-state index >= 15 is 0 Å². The molecule has 0 N–H and O–H groups in total. The molecule has 0 aliphatic heterocycles. The molecule has 0 saturated heterocycles. The van der Waals surface area contributed by atoms with Crippen LogP contribution in [0.1, 0.15) is 20.8 Å². The fraction of sp³-hybridized carbons (Fsp3) is 0.400. The SMILES string of the molecule is CC(C)(C)Sc1c(Cl)ccc(Cl)c1Cl. The van der Waals surface area contributed by atoms with E-state index in [-0.39, 0.29) is 4.75 Å². The zero-order chi connectivity index (χ0) is 10.9. The zero-order valence-electron chi connectivity index (χ0n) is 8.20. The molecule has 0 spiro atoms. The van der Waals surface area contributed by atoms with E-state index in [9.17, 15) is 0 Å². The molecule has 0 bridgehead atoms. The van der Waals surface area contributed by atoms with Crippen molar-refractivity contribution in [1.82, 2.24) is 0 Å². The first-order chi connectivity index (χ1) is 6.31. The molecule has 0 aliphatic carbocycles. The van der Waals surface area contributed by atoms with Crippen molar-refractivity contribution < 1.29 is 0 Å². The summed E-state index contributed by atoms with van der Waals surface area (Å²) in [5, 5.41) is 1.74. The quantitative estimate of drug-likeness (QED) is 0.476. The molecule has 14 heavy (non-hydrogen) atoms.